The average molecular weight is 573 g/mol. The predicted octanol–water partition coefficient (Wildman–Crippen LogP) is 5.47. The molecule has 1 heterocycles. The number of carbonyl (C=O) groups is 3. The number of ketones is 1. The molecule has 0 radical (unpaired) electrons. The molecule has 1 aromatic rings. The van der Waals surface area contributed by atoms with Gasteiger partial charge in [-0.1, -0.05) is 38.2 Å². The smallest absolute Gasteiger partial charge is 0.341 e. The molecule has 1 aromatic carbocycles. The van der Waals surface area contributed by atoms with E-state index in [1.165, 1.54) is 31.4 Å². The summed E-state index contributed by atoms with van der Waals surface area (Å²) in [5.41, 5.74) is 6.50. The van der Waals surface area contributed by atoms with E-state index >= 15 is 0 Å². The molecule has 228 valence electrons. The van der Waals surface area contributed by atoms with E-state index in [2.05, 4.69) is 0 Å². The van der Waals surface area contributed by atoms with Crippen LogP contribution in [0, 0.1) is 29.5 Å². The van der Waals surface area contributed by atoms with Crippen LogP contribution in [0.25, 0.3) is 0 Å². The summed E-state index contributed by atoms with van der Waals surface area (Å²) in [4.78, 5) is 42.0. The maximum Gasteiger partial charge on any atom is 0.341 e. The Bertz CT molecular complexity index is 1030. The Labute approximate surface area is 244 Å². The van der Waals surface area contributed by atoms with Crippen LogP contribution < -0.4 is 5.73 Å². The van der Waals surface area contributed by atoms with Gasteiger partial charge >= 0.3 is 5.97 Å². The van der Waals surface area contributed by atoms with E-state index in [-0.39, 0.29) is 48.2 Å². The molecule has 8 heteroatoms. The molecular weight excluding hydrogens is 523 g/mol. The number of nitrogens with two attached hydrogens (primary N) is 1. The van der Waals surface area contributed by atoms with E-state index in [0.29, 0.717) is 43.6 Å². The minimum Gasteiger partial charge on any atom is -0.462 e. The second-order valence-electron chi connectivity index (χ2n) is 12.4. The molecule has 2 N–H and O–H groups in total. The van der Waals surface area contributed by atoms with Gasteiger partial charge < -0.3 is 20.1 Å². The molecule has 2 saturated carbocycles. The lowest BCUT2D eigenvalue weighted by Crippen LogP contribution is -2.48. The number of ether oxygens (including phenoxy) is 2. The highest BCUT2D eigenvalue weighted by Gasteiger charge is 2.46. The van der Waals surface area contributed by atoms with Crippen molar-refractivity contribution in [1.29, 1.82) is 0 Å². The zero-order valence-electron chi connectivity index (χ0n) is 25.0. The Kier molecular flexibility index (Phi) is 11.7. The maximum absolute atomic E-state index is 15.0. The summed E-state index contributed by atoms with van der Waals surface area (Å²) >= 11 is 0. The fourth-order valence-electron chi connectivity index (χ4n) is 7.35. The summed E-state index contributed by atoms with van der Waals surface area (Å²) < 4.78 is 25.4. The number of likely N-dealkylation sites (tertiary alicyclic amines) is 1. The highest BCUT2D eigenvalue weighted by Crippen LogP contribution is 2.41. The van der Waals surface area contributed by atoms with Gasteiger partial charge in [0.15, 0.2) is 5.78 Å². The van der Waals surface area contributed by atoms with Gasteiger partial charge in [0.2, 0.25) is 5.91 Å². The van der Waals surface area contributed by atoms with Crippen molar-refractivity contribution < 1.29 is 28.2 Å². The summed E-state index contributed by atoms with van der Waals surface area (Å²) in [6.07, 6.45) is 10.8. The Morgan fingerprint density at radius 3 is 2.41 bits per heavy atom. The third kappa shape index (κ3) is 8.16. The van der Waals surface area contributed by atoms with Crippen LogP contribution in [-0.4, -0.2) is 61.0 Å². The molecule has 2 aliphatic carbocycles. The minimum atomic E-state index is -0.722. The van der Waals surface area contributed by atoms with Gasteiger partial charge in [0.25, 0.3) is 0 Å². The molecule has 3 fully saturated rings. The first-order chi connectivity index (χ1) is 19.8. The molecule has 3 aliphatic rings. The number of amides is 1. The van der Waals surface area contributed by atoms with Crippen LogP contribution in [0.15, 0.2) is 18.2 Å². The Morgan fingerprint density at radius 1 is 1.02 bits per heavy atom. The number of halogens is 1. The van der Waals surface area contributed by atoms with Gasteiger partial charge in [-0.15, -0.1) is 0 Å². The zero-order valence-corrected chi connectivity index (χ0v) is 25.0. The number of hydrogen-bond donors (Lipinski definition) is 1. The van der Waals surface area contributed by atoms with Crippen LogP contribution in [0.2, 0.25) is 0 Å². The standard InChI is InChI=1S/C33H49FN2O5/c1-3-40-18-7-19-41-33(39)28-15-10-23(20-29(28)34)21-30(37)31-27(25-8-5-4-6-9-25)16-17-36(31)32(38)26-13-11-24(12-14-26)22(2)35/h10,15,20,22,24-27,31H,3-9,11-14,16-19,21,35H2,1-2H3/t22?,24?,26?,27-,31-/m0/s1. The van der Waals surface area contributed by atoms with Crippen LogP contribution in [0.1, 0.15) is 100 Å². The molecular formula is C33H49FN2O5. The monoisotopic (exact) mass is 572 g/mol. The van der Waals surface area contributed by atoms with E-state index in [1.807, 2.05) is 18.7 Å². The summed E-state index contributed by atoms with van der Waals surface area (Å²) in [7, 11) is 0. The molecule has 3 atom stereocenters. The van der Waals surface area contributed by atoms with E-state index < -0.39 is 17.8 Å². The number of benzene rings is 1. The van der Waals surface area contributed by atoms with Crippen molar-refractivity contribution in [2.45, 2.75) is 103 Å². The first-order valence-electron chi connectivity index (χ1n) is 15.9. The Balaban J connectivity index is 1.44. The van der Waals surface area contributed by atoms with Crippen LogP contribution in [-0.2, 0) is 25.5 Å². The second kappa shape index (κ2) is 15.2. The first kappa shape index (κ1) is 31.6. The van der Waals surface area contributed by atoms with Crippen molar-refractivity contribution in [3.8, 4) is 0 Å². The quantitative estimate of drug-likeness (QED) is 0.263. The molecule has 41 heavy (non-hydrogen) atoms. The molecule has 0 spiro atoms. The average Bonchev–Trinajstić information content (AvgIpc) is 3.42. The minimum absolute atomic E-state index is 0.0265. The summed E-state index contributed by atoms with van der Waals surface area (Å²) in [6, 6.07) is 3.96. The number of Topliss-reactive ketones (excluding diaryl/α,β-unsaturated/α-hetero) is 1. The summed E-state index contributed by atoms with van der Waals surface area (Å²) in [5, 5.41) is 0. The Hall–Kier alpha value is -2.32. The molecule has 1 unspecified atom stereocenters. The number of esters is 1. The fourth-order valence-corrected chi connectivity index (χ4v) is 7.35. The molecule has 0 bridgehead atoms. The summed E-state index contributed by atoms with van der Waals surface area (Å²) in [6.45, 7) is 5.77. The molecule has 1 saturated heterocycles. The van der Waals surface area contributed by atoms with Crippen molar-refractivity contribution in [3.63, 3.8) is 0 Å². The maximum atomic E-state index is 15.0. The molecule has 1 amide bonds. The third-order valence-electron chi connectivity index (χ3n) is 9.68. The van der Waals surface area contributed by atoms with E-state index in [9.17, 15) is 18.8 Å². The van der Waals surface area contributed by atoms with Gasteiger partial charge in [-0.3, -0.25) is 9.59 Å². The SMILES string of the molecule is CCOCCCOC(=O)c1ccc(CC(=O)[C@@H]2[C@H](C3CCCCC3)CCN2C(=O)C2CCC(C(C)N)CC2)cc1F. The predicted molar refractivity (Wildman–Crippen MR) is 156 cm³/mol. The molecule has 7 nitrogen and oxygen atoms in total. The third-order valence-corrected chi connectivity index (χ3v) is 9.68. The zero-order chi connectivity index (χ0) is 29.4. The summed E-state index contributed by atoms with van der Waals surface area (Å²) in [5.74, 6) is -0.333. The van der Waals surface area contributed by atoms with Gasteiger partial charge in [-0.25, -0.2) is 9.18 Å². The lowest BCUT2D eigenvalue weighted by Gasteiger charge is -2.36. The number of rotatable bonds is 12. The highest BCUT2D eigenvalue weighted by atomic mass is 19.1. The van der Waals surface area contributed by atoms with Gasteiger partial charge in [-0.2, -0.15) is 0 Å². The molecule has 0 aromatic heterocycles. The van der Waals surface area contributed by atoms with Crippen molar-refractivity contribution in [1.82, 2.24) is 4.90 Å². The van der Waals surface area contributed by atoms with Gasteiger partial charge in [-0.05, 0) is 81.4 Å². The van der Waals surface area contributed by atoms with Gasteiger partial charge in [0.05, 0.1) is 18.2 Å². The van der Waals surface area contributed by atoms with Gasteiger partial charge in [0, 0.05) is 44.6 Å². The normalized spacial score (nSPS) is 26.1. The second-order valence-corrected chi connectivity index (χ2v) is 12.4. The largest absolute Gasteiger partial charge is 0.462 e. The lowest BCUT2D eigenvalue weighted by atomic mass is 9.75. The number of hydrogen-bond acceptors (Lipinski definition) is 6. The van der Waals surface area contributed by atoms with E-state index in [4.69, 9.17) is 15.2 Å². The van der Waals surface area contributed by atoms with Crippen LogP contribution in [0.3, 0.4) is 0 Å². The first-order valence-corrected chi connectivity index (χ1v) is 15.9. The number of nitrogens with zero attached hydrogens (tertiary/aromatic N) is 1. The lowest BCUT2D eigenvalue weighted by molar-refractivity contribution is -0.143. The van der Waals surface area contributed by atoms with E-state index in [1.54, 1.807) is 6.07 Å². The van der Waals surface area contributed by atoms with Crippen molar-refractivity contribution in [2.75, 3.05) is 26.4 Å². The topological polar surface area (TPSA) is 98.9 Å². The van der Waals surface area contributed by atoms with E-state index in [0.717, 1.165) is 44.9 Å². The number of carbonyl (C=O) groups excluding carboxylic acids is 3. The van der Waals surface area contributed by atoms with Crippen LogP contribution >= 0.6 is 0 Å². The molecule has 4 rings (SSSR count). The fraction of sp³-hybridized carbons (Fsp3) is 0.727. The van der Waals surface area contributed by atoms with Crippen LogP contribution in [0.5, 0.6) is 0 Å². The van der Waals surface area contributed by atoms with Crippen molar-refractivity contribution in [3.05, 3.63) is 35.1 Å². The van der Waals surface area contributed by atoms with Gasteiger partial charge in [0.1, 0.15) is 5.82 Å². The Morgan fingerprint density at radius 2 is 1.76 bits per heavy atom. The molecule has 1 aliphatic heterocycles. The van der Waals surface area contributed by atoms with Crippen LogP contribution in [0.4, 0.5) is 4.39 Å². The van der Waals surface area contributed by atoms with Crippen molar-refractivity contribution >= 4 is 17.7 Å². The highest BCUT2D eigenvalue weighted by molar-refractivity contribution is 5.93. The van der Waals surface area contributed by atoms with Crippen molar-refractivity contribution in [2.24, 2.45) is 29.4 Å².